The fourth-order valence-electron chi connectivity index (χ4n) is 1.62. The molecule has 0 aromatic carbocycles. The lowest BCUT2D eigenvalue weighted by atomic mass is 10.0. The van der Waals surface area contributed by atoms with Crippen LogP contribution in [0.3, 0.4) is 0 Å². The molecule has 48 valence electrons. The summed E-state index contributed by atoms with van der Waals surface area (Å²) in [5.74, 6) is 0.572. The Morgan fingerprint density at radius 2 is 2.67 bits per heavy atom. The Hall–Kier alpha value is -0.790. The molecule has 0 radical (unpaired) electrons. The smallest absolute Gasteiger partial charge is 0.147 e. The second kappa shape index (κ2) is 1.59. The third-order valence-electron chi connectivity index (χ3n) is 2.16. The van der Waals surface area contributed by atoms with E-state index in [2.05, 4.69) is 4.90 Å². The van der Waals surface area contributed by atoms with E-state index >= 15 is 0 Å². The Balaban J connectivity index is 2.26. The van der Waals surface area contributed by atoms with E-state index in [-0.39, 0.29) is 0 Å². The lowest BCUT2D eigenvalue weighted by Gasteiger charge is -2.07. The molecule has 2 bridgehead atoms. The van der Waals surface area contributed by atoms with Crippen molar-refractivity contribution in [1.29, 1.82) is 0 Å². The molecule has 9 heavy (non-hydrogen) atoms. The van der Waals surface area contributed by atoms with Crippen LogP contribution in [0.25, 0.3) is 0 Å². The number of hydrogen-bond acceptors (Lipinski definition) is 2. The van der Waals surface area contributed by atoms with Gasteiger partial charge < -0.3 is 4.90 Å². The van der Waals surface area contributed by atoms with E-state index in [4.69, 9.17) is 0 Å². The molecular weight excluding hydrogens is 114 g/mol. The van der Waals surface area contributed by atoms with E-state index in [1.165, 1.54) is 6.42 Å². The van der Waals surface area contributed by atoms with Gasteiger partial charge >= 0.3 is 0 Å². The van der Waals surface area contributed by atoms with Crippen LogP contribution >= 0.6 is 0 Å². The van der Waals surface area contributed by atoms with Gasteiger partial charge in [0.2, 0.25) is 0 Å². The van der Waals surface area contributed by atoms with Gasteiger partial charge in [0.1, 0.15) is 6.29 Å². The average molecular weight is 123 g/mol. The van der Waals surface area contributed by atoms with E-state index in [9.17, 15) is 4.79 Å². The Bertz CT molecular complexity index is 174. The van der Waals surface area contributed by atoms with Crippen LogP contribution in [0.15, 0.2) is 11.8 Å². The molecule has 0 amide bonds. The summed E-state index contributed by atoms with van der Waals surface area (Å²) in [4.78, 5) is 12.5. The van der Waals surface area contributed by atoms with Crippen molar-refractivity contribution in [2.45, 2.75) is 6.42 Å². The van der Waals surface area contributed by atoms with Crippen LogP contribution in [0.5, 0.6) is 0 Å². The minimum Gasteiger partial charge on any atom is -0.376 e. The molecule has 2 aliphatic heterocycles. The first-order valence-electron chi connectivity index (χ1n) is 3.31. The molecule has 0 N–H and O–H groups in total. The zero-order valence-corrected chi connectivity index (χ0v) is 5.21. The molecule has 2 nitrogen and oxygen atoms in total. The van der Waals surface area contributed by atoms with Crippen LogP contribution in [0, 0.1) is 5.92 Å². The van der Waals surface area contributed by atoms with Crippen LogP contribution in [0.2, 0.25) is 0 Å². The number of aldehydes is 1. The maximum Gasteiger partial charge on any atom is 0.147 e. The number of fused-ring (bicyclic) bond motifs is 2. The third kappa shape index (κ3) is 0.590. The highest BCUT2D eigenvalue weighted by atomic mass is 16.1. The Morgan fingerprint density at radius 1 is 1.78 bits per heavy atom. The summed E-state index contributed by atoms with van der Waals surface area (Å²) >= 11 is 0. The van der Waals surface area contributed by atoms with Gasteiger partial charge in [0.05, 0.1) is 0 Å². The van der Waals surface area contributed by atoms with Crippen molar-refractivity contribution in [2.24, 2.45) is 5.92 Å². The second-order valence-corrected chi connectivity index (χ2v) is 2.73. The molecule has 1 fully saturated rings. The SMILES string of the molecule is O=CC1=CN2CCC1C2. The number of carbonyl (C=O) groups is 1. The topological polar surface area (TPSA) is 20.3 Å². The zero-order valence-electron chi connectivity index (χ0n) is 5.21. The predicted molar refractivity (Wildman–Crippen MR) is 33.8 cm³/mol. The molecular formula is C7H9NO. The van der Waals surface area contributed by atoms with Gasteiger partial charge in [-0.25, -0.2) is 0 Å². The molecule has 0 spiro atoms. The Labute approximate surface area is 54.1 Å². The summed E-state index contributed by atoms with van der Waals surface area (Å²) in [6.07, 6.45) is 4.16. The van der Waals surface area contributed by atoms with Crippen LogP contribution in [0.4, 0.5) is 0 Å². The number of rotatable bonds is 1. The van der Waals surface area contributed by atoms with E-state index in [1.54, 1.807) is 0 Å². The van der Waals surface area contributed by atoms with Crippen LogP contribution < -0.4 is 0 Å². The first-order valence-corrected chi connectivity index (χ1v) is 3.31. The van der Waals surface area contributed by atoms with Crippen LogP contribution in [-0.4, -0.2) is 24.3 Å². The zero-order chi connectivity index (χ0) is 6.27. The van der Waals surface area contributed by atoms with E-state index < -0.39 is 0 Å². The minimum atomic E-state index is 0.572. The minimum absolute atomic E-state index is 0.572. The summed E-state index contributed by atoms with van der Waals surface area (Å²) in [5.41, 5.74) is 1.00. The fraction of sp³-hybridized carbons (Fsp3) is 0.571. The van der Waals surface area contributed by atoms with Gasteiger partial charge in [-0.05, 0) is 6.42 Å². The van der Waals surface area contributed by atoms with Gasteiger partial charge in [-0.15, -0.1) is 0 Å². The molecule has 1 unspecified atom stereocenters. The first-order chi connectivity index (χ1) is 4.40. The highest BCUT2D eigenvalue weighted by Gasteiger charge is 2.29. The van der Waals surface area contributed by atoms with Gasteiger partial charge in [-0.1, -0.05) is 0 Å². The number of nitrogens with zero attached hydrogens (tertiary/aromatic N) is 1. The van der Waals surface area contributed by atoms with Gasteiger partial charge in [0.15, 0.2) is 0 Å². The molecule has 1 saturated heterocycles. The standard InChI is InChI=1S/C7H9NO/c9-5-7-4-8-2-1-6(7)3-8/h4-6H,1-3H2. The summed E-state index contributed by atoms with van der Waals surface area (Å²) < 4.78 is 0. The van der Waals surface area contributed by atoms with Gasteiger partial charge in [-0.3, -0.25) is 4.79 Å². The van der Waals surface area contributed by atoms with Crippen molar-refractivity contribution >= 4 is 6.29 Å². The molecule has 1 atom stereocenters. The van der Waals surface area contributed by atoms with E-state index in [0.29, 0.717) is 5.92 Å². The molecule has 2 aliphatic rings. The maximum absolute atomic E-state index is 10.3. The summed E-state index contributed by atoms with van der Waals surface area (Å²) in [6, 6.07) is 0. The van der Waals surface area contributed by atoms with Crippen molar-refractivity contribution in [1.82, 2.24) is 4.90 Å². The molecule has 2 heterocycles. The van der Waals surface area contributed by atoms with Gasteiger partial charge in [-0.2, -0.15) is 0 Å². The fourth-order valence-corrected chi connectivity index (χ4v) is 1.62. The molecule has 2 heteroatoms. The average Bonchev–Trinajstić information content (AvgIpc) is 2.45. The maximum atomic E-state index is 10.3. The van der Waals surface area contributed by atoms with Gasteiger partial charge in [0, 0.05) is 30.8 Å². The van der Waals surface area contributed by atoms with Crippen molar-refractivity contribution in [3.8, 4) is 0 Å². The van der Waals surface area contributed by atoms with Crippen LogP contribution in [0.1, 0.15) is 6.42 Å². The summed E-state index contributed by atoms with van der Waals surface area (Å²) in [7, 11) is 0. The molecule has 0 aliphatic carbocycles. The van der Waals surface area contributed by atoms with Crippen molar-refractivity contribution in [2.75, 3.05) is 13.1 Å². The highest BCUT2D eigenvalue weighted by Crippen LogP contribution is 2.29. The van der Waals surface area contributed by atoms with E-state index in [0.717, 1.165) is 24.9 Å². The summed E-state index contributed by atoms with van der Waals surface area (Å²) in [6.45, 7) is 2.25. The molecule has 0 saturated carbocycles. The molecule has 0 aromatic rings. The van der Waals surface area contributed by atoms with Crippen molar-refractivity contribution in [3.63, 3.8) is 0 Å². The van der Waals surface area contributed by atoms with Crippen molar-refractivity contribution in [3.05, 3.63) is 11.8 Å². The monoisotopic (exact) mass is 123 g/mol. The molecule has 2 rings (SSSR count). The van der Waals surface area contributed by atoms with E-state index in [1.807, 2.05) is 6.20 Å². The Kier molecular flexibility index (Phi) is 0.891. The lowest BCUT2D eigenvalue weighted by Crippen LogP contribution is -2.08. The van der Waals surface area contributed by atoms with Crippen molar-refractivity contribution < 1.29 is 4.79 Å². The number of hydrogen-bond donors (Lipinski definition) is 0. The normalized spacial score (nSPS) is 30.9. The predicted octanol–water partition coefficient (Wildman–Crippen LogP) is 0.405. The third-order valence-corrected chi connectivity index (χ3v) is 2.16. The van der Waals surface area contributed by atoms with Gasteiger partial charge in [0.25, 0.3) is 0 Å². The first kappa shape index (κ1) is 5.03. The largest absolute Gasteiger partial charge is 0.376 e. The van der Waals surface area contributed by atoms with Crippen LogP contribution in [-0.2, 0) is 4.79 Å². The highest BCUT2D eigenvalue weighted by molar-refractivity contribution is 5.75. The lowest BCUT2D eigenvalue weighted by molar-refractivity contribution is -0.105. The summed E-state index contributed by atoms with van der Waals surface area (Å²) in [5, 5.41) is 0. The quantitative estimate of drug-likeness (QED) is 0.470. The number of carbonyl (C=O) groups excluding carboxylic acids is 1. The Morgan fingerprint density at radius 3 is 3.00 bits per heavy atom. The second-order valence-electron chi connectivity index (χ2n) is 2.73. The molecule has 0 aromatic heterocycles.